The normalized spacial score (nSPS) is 11.3. The highest BCUT2D eigenvalue weighted by Gasteiger charge is 2.09. The van der Waals surface area contributed by atoms with Crippen LogP contribution >= 0.6 is 0 Å². The molecule has 0 saturated heterocycles. The number of ether oxygens (including phenoxy) is 2. The average molecular weight is 436 g/mol. The Bertz CT molecular complexity index is 1100. The molecule has 0 fully saturated rings. The molecule has 0 N–H and O–H groups in total. The van der Waals surface area contributed by atoms with Crippen molar-refractivity contribution in [3.05, 3.63) is 100 Å². The van der Waals surface area contributed by atoms with Gasteiger partial charge in [0.05, 0.1) is 19.3 Å². The maximum atomic E-state index is 13.8. The van der Waals surface area contributed by atoms with E-state index in [-0.39, 0.29) is 0 Å². The third-order valence-corrected chi connectivity index (χ3v) is 5.24. The largest absolute Gasteiger partial charge is 0.494 e. The molecule has 0 amide bonds. The summed E-state index contributed by atoms with van der Waals surface area (Å²) < 4.78 is 38.1. The summed E-state index contributed by atoms with van der Waals surface area (Å²) >= 11 is 0. The molecule has 3 rings (SSSR count). The van der Waals surface area contributed by atoms with Gasteiger partial charge in [-0.25, -0.2) is 13.6 Å². The molecule has 0 radical (unpaired) electrons. The highest BCUT2D eigenvalue weighted by atomic mass is 19.1. The Morgan fingerprint density at radius 3 is 2.19 bits per heavy atom. The fourth-order valence-corrected chi connectivity index (χ4v) is 3.35. The van der Waals surface area contributed by atoms with E-state index in [4.69, 9.17) is 4.74 Å². The van der Waals surface area contributed by atoms with Crippen molar-refractivity contribution in [2.75, 3.05) is 13.7 Å². The predicted molar refractivity (Wildman–Crippen MR) is 123 cm³/mol. The molecule has 166 valence electrons. The van der Waals surface area contributed by atoms with E-state index in [0.29, 0.717) is 36.3 Å². The first-order chi connectivity index (χ1) is 15.4. The minimum Gasteiger partial charge on any atom is -0.494 e. The second-order valence-corrected chi connectivity index (χ2v) is 7.64. The van der Waals surface area contributed by atoms with Crippen molar-refractivity contribution in [3.8, 4) is 5.75 Å². The number of allylic oxidation sites excluding steroid dienone is 1. The van der Waals surface area contributed by atoms with E-state index in [0.717, 1.165) is 22.8 Å². The molecule has 0 spiro atoms. The van der Waals surface area contributed by atoms with Crippen molar-refractivity contribution in [3.63, 3.8) is 0 Å². The van der Waals surface area contributed by atoms with Crippen LogP contribution in [0.15, 0.2) is 60.7 Å². The molecule has 32 heavy (non-hydrogen) atoms. The smallest absolute Gasteiger partial charge is 0.337 e. The van der Waals surface area contributed by atoms with Crippen LogP contribution in [0.1, 0.15) is 45.5 Å². The van der Waals surface area contributed by atoms with E-state index in [1.165, 1.54) is 24.8 Å². The van der Waals surface area contributed by atoms with Gasteiger partial charge in [-0.05, 0) is 90.9 Å². The van der Waals surface area contributed by atoms with Crippen molar-refractivity contribution in [2.45, 2.75) is 26.7 Å². The molecule has 5 heteroatoms. The van der Waals surface area contributed by atoms with Crippen LogP contribution in [0.3, 0.4) is 0 Å². The summed E-state index contributed by atoms with van der Waals surface area (Å²) in [5.41, 5.74) is 5.12. The minimum atomic E-state index is -0.604. The molecule has 0 heterocycles. The Morgan fingerprint density at radius 1 is 0.875 bits per heavy atom. The maximum absolute atomic E-state index is 13.8. The van der Waals surface area contributed by atoms with Crippen molar-refractivity contribution in [1.29, 1.82) is 0 Å². The van der Waals surface area contributed by atoms with E-state index < -0.39 is 17.6 Å². The van der Waals surface area contributed by atoms with E-state index in [9.17, 15) is 13.6 Å². The lowest BCUT2D eigenvalue weighted by atomic mass is 9.97. The summed E-state index contributed by atoms with van der Waals surface area (Å²) in [5.74, 6) is -0.977. The molecule has 3 nitrogen and oxygen atoms in total. The van der Waals surface area contributed by atoms with Crippen LogP contribution in [0.2, 0.25) is 0 Å². The number of benzene rings is 3. The van der Waals surface area contributed by atoms with Gasteiger partial charge in [0.15, 0.2) is 0 Å². The van der Waals surface area contributed by atoms with E-state index >= 15 is 0 Å². The van der Waals surface area contributed by atoms with Gasteiger partial charge in [-0.3, -0.25) is 0 Å². The first-order valence-electron chi connectivity index (χ1n) is 10.4. The summed E-state index contributed by atoms with van der Waals surface area (Å²) in [5, 5.41) is 0. The fraction of sp³-hybridized carbons (Fsp3) is 0.222. The molecule has 0 aliphatic rings. The monoisotopic (exact) mass is 436 g/mol. The number of hydrogen-bond acceptors (Lipinski definition) is 3. The topological polar surface area (TPSA) is 35.5 Å². The fourth-order valence-electron chi connectivity index (χ4n) is 3.35. The van der Waals surface area contributed by atoms with E-state index in [1.807, 2.05) is 32.1 Å². The summed E-state index contributed by atoms with van der Waals surface area (Å²) in [6, 6.07) is 16.4. The van der Waals surface area contributed by atoms with Crippen molar-refractivity contribution in [1.82, 2.24) is 0 Å². The summed E-state index contributed by atoms with van der Waals surface area (Å²) in [6.45, 7) is 4.49. The van der Waals surface area contributed by atoms with Gasteiger partial charge >= 0.3 is 5.97 Å². The molecule has 0 aliphatic heterocycles. The first kappa shape index (κ1) is 23.2. The zero-order valence-corrected chi connectivity index (χ0v) is 18.5. The molecule has 0 bridgehead atoms. The first-order valence-corrected chi connectivity index (χ1v) is 10.4. The number of esters is 1. The number of aryl methyl sites for hydroxylation is 2. The van der Waals surface area contributed by atoms with Crippen molar-refractivity contribution < 1.29 is 23.0 Å². The van der Waals surface area contributed by atoms with Crippen LogP contribution in [-0.4, -0.2) is 19.7 Å². The standard InChI is InChI=1S/C27H26F2O3/c1-18-6-7-20(13-19(18)2)14-22(23-15-24(28)17-25(29)16-23)5-4-12-32-26-10-8-21(9-11-26)27(30)31-3/h6-11,13-17H,4-5,12H2,1-3H3. The summed E-state index contributed by atoms with van der Waals surface area (Å²) in [6.07, 6.45) is 3.19. The van der Waals surface area contributed by atoms with E-state index in [1.54, 1.807) is 24.3 Å². The number of halogens is 2. The van der Waals surface area contributed by atoms with Crippen LogP contribution in [-0.2, 0) is 4.74 Å². The Morgan fingerprint density at radius 2 is 1.56 bits per heavy atom. The number of carbonyl (C=O) groups is 1. The highest BCUT2D eigenvalue weighted by Crippen LogP contribution is 2.26. The SMILES string of the molecule is COC(=O)c1ccc(OCCCC(=Cc2ccc(C)c(C)c2)c2cc(F)cc(F)c2)cc1. The van der Waals surface area contributed by atoms with Crippen LogP contribution in [0.4, 0.5) is 8.78 Å². The van der Waals surface area contributed by atoms with Gasteiger partial charge in [0.2, 0.25) is 0 Å². The quantitative estimate of drug-likeness (QED) is 0.222. The second kappa shape index (κ2) is 10.7. The maximum Gasteiger partial charge on any atom is 0.337 e. The van der Waals surface area contributed by atoms with Crippen LogP contribution in [0, 0.1) is 25.5 Å². The number of methoxy groups -OCH3 is 1. The lowest BCUT2D eigenvalue weighted by Crippen LogP contribution is -2.02. The van der Waals surface area contributed by atoms with E-state index in [2.05, 4.69) is 10.8 Å². The molecule has 3 aromatic rings. The number of carbonyl (C=O) groups excluding carboxylic acids is 1. The lowest BCUT2D eigenvalue weighted by molar-refractivity contribution is 0.0600. The lowest BCUT2D eigenvalue weighted by Gasteiger charge is -2.11. The van der Waals surface area contributed by atoms with Crippen LogP contribution in [0.25, 0.3) is 11.6 Å². The molecule has 3 aromatic carbocycles. The van der Waals surface area contributed by atoms with Crippen molar-refractivity contribution >= 4 is 17.6 Å². The molecule has 0 saturated carbocycles. The summed E-state index contributed by atoms with van der Waals surface area (Å²) in [4.78, 5) is 11.5. The van der Waals surface area contributed by atoms with Gasteiger partial charge in [0.25, 0.3) is 0 Å². The minimum absolute atomic E-state index is 0.403. The molecule has 0 unspecified atom stereocenters. The molecule has 0 aliphatic carbocycles. The summed E-state index contributed by atoms with van der Waals surface area (Å²) in [7, 11) is 1.33. The molecule has 0 aromatic heterocycles. The Kier molecular flexibility index (Phi) is 7.77. The van der Waals surface area contributed by atoms with Gasteiger partial charge < -0.3 is 9.47 Å². The van der Waals surface area contributed by atoms with Gasteiger partial charge in [-0.15, -0.1) is 0 Å². The average Bonchev–Trinajstić information content (AvgIpc) is 2.77. The highest BCUT2D eigenvalue weighted by molar-refractivity contribution is 5.89. The molecular formula is C27H26F2O3. The van der Waals surface area contributed by atoms with Gasteiger partial charge in [0.1, 0.15) is 17.4 Å². The number of hydrogen-bond donors (Lipinski definition) is 0. The Hall–Kier alpha value is -3.47. The third-order valence-electron chi connectivity index (χ3n) is 5.24. The van der Waals surface area contributed by atoms with Gasteiger partial charge in [-0.1, -0.05) is 24.3 Å². The van der Waals surface area contributed by atoms with Crippen molar-refractivity contribution in [2.24, 2.45) is 0 Å². The Balaban J connectivity index is 1.72. The predicted octanol–water partition coefficient (Wildman–Crippen LogP) is 6.77. The molecular weight excluding hydrogens is 410 g/mol. The third kappa shape index (κ3) is 6.27. The Labute approximate surface area is 187 Å². The van der Waals surface area contributed by atoms with Gasteiger partial charge in [0, 0.05) is 6.07 Å². The second-order valence-electron chi connectivity index (χ2n) is 7.64. The number of rotatable bonds is 8. The zero-order chi connectivity index (χ0) is 23.1. The zero-order valence-electron chi connectivity index (χ0n) is 18.5. The van der Waals surface area contributed by atoms with Crippen LogP contribution < -0.4 is 4.74 Å². The molecule has 0 atom stereocenters. The van der Waals surface area contributed by atoms with Crippen LogP contribution in [0.5, 0.6) is 5.75 Å². The van der Waals surface area contributed by atoms with Gasteiger partial charge in [-0.2, -0.15) is 0 Å².